The van der Waals surface area contributed by atoms with Gasteiger partial charge in [-0.1, -0.05) is 13.8 Å². The van der Waals surface area contributed by atoms with Crippen molar-refractivity contribution in [2.24, 2.45) is 10.7 Å². The lowest BCUT2D eigenvalue weighted by Crippen LogP contribution is -2.34. The molecule has 1 aromatic carbocycles. The first-order valence-corrected chi connectivity index (χ1v) is 25.5. The van der Waals surface area contributed by atoms with Gasteiger partial charge in [0.25, 0.3) is 5.91 Å². The lowest BCUT2D eigenvalue weighted by molar-refractivity contribution is -0.136. The molecular weight excluding hydrogens is 991 g/mol. The zero-order chi connectivity index (χ0) is 52.9. The number of hydrogen-bond donors (Lipinski definition) is 2. The summed E-state index contributed by atoms with van der Waals surface area (Å²) >= 11 is 1.32. The van der Waals surface area contributed by atoms with Crippen LogP contribution in [0, 0.1) is 23.3 Å². The predicted molar refractivity (Wildman–Crippen MR) is 265 cm³/mol. The molecular formula is C49H75F4N5O14S. The molecule has 1 aromatic heterocycles. The van der Waals surface area contributed by atoms with Gasteiger partial charge < -0.3 is 73.0 Å². The topological polar surface area (TPSA) is 210 Å². The van der Waals surface area contributed by atoms with Crippen molar-refractivity contribution < 1.29 is 84.1 Å². The van der Waals surface area contributed by atoms with Gasteiger partial charge in [0.15, 0.2) is 11.6 Å². The van der Waals surface area contributed by atoms with Gasteiger partial charge in [-0.2, -0.15) is 8.78 Å². The van der Waals surface area contributed by atoms with Crippen LogP contribution < -0.4 is 15.8 Å². The van der Waals surface area contributed by atoms with E-state index in [1.54, 1.807) is 6.07 Å². The average molecular weight is 1070 g/mol. The Bertz CT molecular complexity index is 1920. The standard InChI is InChI=1S/C49H75F4N5O14S/c1-4-9-58(10-5-2)49(61)37-33-41-40(56-43(54)34-37)36-42(73-41)48(60)55-8-6-11-57(3)12-14-63-16-18-65-20-22-67-24-26-69-28-30-71-32-31-70-29-27-68-25-23-66-21-19-64-17-15-62-13-7-44(59)72-47-45(52)38(50)35-39(51)46(47)53/h33,35-36H,4-32,34H2,1-3H3,(H2,54,56)(H,55,60). The minimum Gasteiger partial charge on any atom is -0.420 e. The number of thiophene rings is 1. The van der Waals surface area contributed by atoms with Crippen LogP contribution in [0.2, 0.25) is 0 Å². The fourth-order valence-electron chi connectivity index (χ4n) is 6.50. The summed E-state index contributed by atoms with van der Waals surface area (Å²) in [6, 6.07) is 1.75. The maximum absolute atomic E-state index is 13.6. The van der Waals surface area contributed by atoms with Crippen LogP contribution >= 0.6 is 11.3 Å². The highest BCUT2D eigenvalue weighted by atomic mass is 32.1. The highest BCUT2D eigenvalue weighted by Gasteiger charge is 2.24. The highest BCUT2D eigenvalue weighted by molar-refractivity contribution is 7.15. The van der Waals surface area contributed by atoms with Crippen molar-refractivity contribution in [3.8, 4) is 5.75 Å². The van der Waals surface area contributed by atoms with Gasteiger partial charge in [-0.25, -0.2) is 13.8 Å². The Morgan fingerprint density at radius 1 is 0.630 bits per heavy atom. The van der Waals surface area contributed by atoms with Crippen molar-refractivity contribution in [3.63, 3.8) is 0 Å². The van der Waals surface area contributed by atoms with Crippen molar-refractivity contribution in [2.45, 2.75) is 46.0 Å². The number of nitrogens with zero attached hydrogens (tertiary/aromatic N) is 3. The number of nitrogens with two attached hydrogens (primary N) is 1. The molecule has 0 unspecified atom stereocenters. The van der Waals surface area contributed by atoms with Gasteiger partial charge in [-0.05, 0) is 45.0 Å². The minimum absolute atomic E-state index is 0.0163. The summed E-state index contributed by atoms with van der Waals surface area (Å²) in [4.78, 5) is 47.7. The van der Waals surface area contributed by atoms with Gasteiger partial charge >= 0.3 is 5.97 Å². The van der Waals surface area contributed by atoms with Gasteiger partial charge in [0, 0.05) is 44.2 Å². The van der Waals surface area contributed by atoms with E-state index in [2.05, 4.69) is 19.9 Å². The molecule has 2 heterocycles. The summed E-state index contributed by atoms with van der Waals surface area (Å²) in [5, 5.41) is 2.99. The van der Waals surface area contributed by atoms with Crippen LogP contribution in [0.5, 0.6) is 5.75 Å². The van der Waals surface area contributed by atoms with Crippen LogP contribution in [-0.4, -0.2) is 205 Å². The van der Waals surface area contributed by atoms with Gasteiger partial charge in [0.1, 0.15) is 5.84 Å². The van der Waals surface area contributed by atoms with Crippen LogP contribution in [0.1, 0.15) is 60.5 Å². The molecule has 3 N–H and O–H groups in total. The molecule has 0 radical (unpaired) electrons. The van der Waals surface area contributed by atoms with Crippen molar-refractivity contribution in [2.75, 3.05) is 172 Å². The number of nitrogens with one attached hydrogen (secondary N) is 1. The summed E-state index contributed by atoms with van der Waals surface area (Å²) in [6.45, 7) is 14.9. The number of likely N-dealkylation sites (N-methyl/N-ethyl adjacent to an activating group) is 1. The number of halogens is 4. The second-order valence-corrected chi connectivity index (χ2v) is 17.2. The van der Waals surface area contributed by atoms with Crippen molar-refractivity contribution in [3.05, 3.63) is 50.7 Å². The maximum Gasteiger partial charge on any atom is 0.313 e. The Kier molecular flexibility index (Phi) is 33.9. The van der Waals surface area contributed by atoms with Crippen LogP contribution in [0.4, 0.5) is 23.2 Å². The molecule has 2 aromatic rings. The number of esters is 1. The number of hydrogen-bond acceptors (Lipinski definition) is 18. The summed E-state index contributed by atoms with van der Waals surface area (Å²) in [6.07, 6.45) is 4.23. The normalized spacial score (nSPS) is 12.4. The number of carbonyl (C=O) groups excluding carboxylic acids is 3. The third-order valence-electron chi connectivity index (χ3n) is 10.2. The van der Waals surface area contributed by atoms with Crippen LogP contribution in [-0.2, 0) is 57.0 Å². The summed E-state index contributed by atoms with van der Waals surface area (Å²) in [7, 11) is 2.01. The third-order valence-corrected chi connectivity index (χ3v) is 11.2. The number of fused-ring (bicyclic) bond motifs is 1. The predicted octanol–water partition coefficient (Wildman–Crippen LogP) is 4.94. The number of carbonyl (C=O) groups is 3. The van der Waals surface area contributed by atoms with Gasteiger partial charge in [-0.15, -0.1) is 11.3 Å². The van der Waals surface area contributed by atoms with Crippen LogP contribution in [0.25, 0.3) is 6.08 Å². The fraction of sp³-hybridized carbons (Fsp3) is 0.673. The molecule has 0 atom stereocenters. The Hall–Kier alpha value is -4.18. The van der Waals surface area contributed by atoms with E-state index in [9.17, 15) is 31.9 Å². The molecule has 0 spiro atoms. The molecule has 24 heteroatoms. The summed E-state index contributed by atoms with van der Waals surface area (Å²) in [5.74, 6) is -9.37. The monoisotopic (exact) mass is 1070 g/mol. The first kappa shape index (κ1) is 63.1. The molecule has 2 amide bonds. The van der Waals surface area contributed by atoms with Gasteiger partial charge in [-0.3, -0.25) is 14.4 Å². The number of amidine groups is 1. The van der Waals surface area contributed by atoms with E-state index in [4.69, 9.17) is 53.1 Å². The molecule has 3 rings (SSSR count). The van der Waals surface area contributed by atoms with Crippen LogP contribution in [0.3, 0.4) is 0 Å². The zero-order valence-electron chi connectivity index (χ0n) is 42.5. The highest BCUT2D eigenvalue weighted by Crippen LogP contribution is 2.35. The first-order valence-electron chi connectivity index (χ1n) is 24.7. The number of amides is 2. The molecule has 0 aliphatic carbocycles. The molecule has 1 aliphatic heterocycles. The lowest BCUT2D eigenvalue weighted by Gasteiger charge is -2.22. The molecule has 19 nitrogen and oxygen atoms in total. The summed E-state index contributed by atoms with van der Waals surface area (Å²) in [5.41, 5.74) is 7.38. The second kappa shape index (κ2) is 39.3. The second-order valence-electron chi connectivity index (χ2n) is 16.2. The molecule has 0 saturated carbocycles. The van der Waals surface area contributed by atoms with E-state index < -0.39 is 41.4 Å². The van der Waals surface area contributed by atoms with E-state index in [-0.39, 0.29) is 44.1 Å². The Morgan fingerprint density at radius 3 is 1.52 bits per heavy atom. The molecule has 1 aliphatic rings. The number of aliphatic imine (C=N–C) groups is 1. The zero-order valence-corrected chi connectivity index (χ0v) is 43.3. The number of rotatable bonds is 44. The lowest BCUT2D eigenvalue weighted by atomic mass is 10.1. The fourth-order valence-corrected chi connectivity index (χ4v) is 7.49. The molecule has 73 heavy (non-hydrogen) atoms. The quantitative estimate of drug-likeness (QED) is 0.0296. The van der Waals surface area contributed by atoms with Crippen molar-refractivity contribution in [1.82, 2.24) is 15.1 Å². The Labute approximate surface area is 429 Å². The Balaban J connectivity index is 0.997. The maximum atomic E-state index is 13.6. The number of ether oxygens (including phenoxy) is 11. The van der Waals surface area contributed by atoms with Gasteiger partial charge in [0.2, 0.25) is 23.3 Å². The van der Waals surface area contributed by atoms with E-state index in [1.807, 2.05) is 31.9 Å². The van der Waals surface area contributed by atoms with Gasteiger partial charge in [0.05, 0.1) is 154 Å². The van der Waals surface area contributed by atoms with E-state index in [0.717, 1.165) is 37.2 Å². The molecule has 0 saturated heterocycles. The van der Waals surface area contributed by atoms with E-state index in [1.165, 1.54) is 11.3 Å². The average Bonchev–Trinajstić information content (AvgIpc) is 3.69. The first-order chi connectivity index (χ1) is 35.4. The third kappa shape index (κ3) is 27.3. The van der Waals surface area contributed by atoms with Crippen LogP contribution in [0.15, 0.2) is 22.7 Å². The van der Waals surface area contributed by atoms with Crippen molar-refractivity contribution >= 4 is 46.7 Å². The largest absolute Gasteiger partial charge is 0.420 e. The van der Waals surface area contributed by atoms with E-state index >= 15 is 0 Å². The minimum atomic E-state index is -1.80. The smallest absolute Gasteiger partial charge is 0.313 e. The SMILES string of the molecule is CCCN(CCC)C(=O)C1=Cc2sc(C(=O)NCCCN(C)CCOCCOCCOCCOCCOCCOCCOCCOCCOCCOCCC(=O)Oc3c(F)c(F)cc(F)c3F)cc2N=C(N)C1. The molecule has 0 bridgehead atoms. The molecule has 414 valence electrons. The van der Waals surface area contributed by atoms with E-state index in [0.29, 0.717) is 154 Å². The van der Waals surface area contributed by atoms with Crippen molar-refractivity contribution in [1.29, 1.82) is 0 Å². The number of benzene rings is 1. The Morgan fingerprint density at radius 2 is 1.07 bits per heavy atom. The summed E-state index contributed by atoms with van der Waals surface area (Å²) < 4.78 is 113. The molecule has 0 fully saturated rings.